The normalized spacial score (nSPS) is 21.9. The summed E-state index contributed by atoms with van der Waals surface area (Å²) in [6.07, 6.45) is 0. The van der Waals surface area contributed by atoms with E-state index < -0.39 is 31.0 Å². The van der Waals surface area contributed by atoms with E-state index in [9.17, 15) is 19.2 Å². The lowest BCUT2D eigenvalue weighted by molar-refractivity contribution is -0.152. The second-order valence-electron chi connectivity index (χ2n) is 10.6. The predicted molar refractivity (Wildman–Crippen MR) is 147 cm³/mol. The van der Waals surface area contributed by atoms with E-state index in [1.807, 2.05) is 91.0 Å². The van der Waals surface area contributed by atoms with Gasteiger partial charge in [0.25, 0.3) is 0 Å². The molecular formula is C34H25NO5. The molecule has 4 aliphatic rings. The largest absolute Gasteiger partial charge is 0.456 e. The first-order valence-electron chi connectivity index (χ1n) is 13.4. The molecule has 4 aromatic rings. The first-order chi connectivity index (χ1) is 19.5. The standard InChI is InChI=1S/C34H25NO5/c36-27(22-16-14-21(15-17-22)20-8-2-1-3-9-20)19-40-28(37)18-35-33(38)31-29-23-10-4-5-11-24(23)30(32(31)34(35)39)26-13-7-6-12-25(26)29/h1-17,29-32H,18-19H2/t29?,30?,31-,32+. The number of carbonyl (C=O) groups excluding carboxylic acids is 4. The van der Waals surface area contributed by atoms with Gasteiger partial charge in [0.15, 0.2) is 12.4 Å². The molecule has 40 heavy (non-hydrogen) atoms. The average molecular weight is 528 g/mol. The van der Waals surface area contributed by atoms with Crippen LogP contribution in [0.15, 0.2) is 103 Å². The molecular weight excluding hydrogens is 502 g/mol. The second-order valence-corrected chi connectivity index (χ2v) is 10.6. The third-order valence-corrected chi connectivity index (χ3v) is 8.51. The van der Waals surface area contributed by atoms with E-state index in [0.29, 0.717) is 5.56 Å². The van der Waals surface area contributed by atoms with Crippen molar-refractivity contribution >= 4 is 23.6 Å². The lowest BCUT2D eigenvalue weighted by Gasteiger charge is -2.45. The van der Waals surface area contributed by atoms with Crippen LogP contribution >= 0.6 is 0 Å². The molecule has 6 heteroatoms. The summed E-state index contributed by atoms with van der Waals surface area (Å²) in [7, 11) is 0. The number of rotatable bonds is 6. The third kappa shape index (κ3) is 3.71. The van der Waals surface area contributed by atoms with Gasteiger partial charge in [-0.2, -0.15) is 0 Å². The van der Waals surface area contributed by atoms with Gasteiger partial charge in [0, 0.05) is 17.4 Å². The number of ketones is 1. The molecule has 3 aliphatic carbocycles. The van der Waals surface area contributed by atoms with Crippen LogP contribution in [0, 0.1) is 11.8 Å². The maximum Gasteiger partial charge on any atom is 0.326 e. The Morgan fingerprint density at radius 3 is 1.55 bits per heavy atom. The van der Waals surface area contributed by atoms with E-state index >= 15 is 0 Å². The molecule has 0 N–H and O–H groups in total. The van der Waals surface area contributed by atoms with Crippen molar-refractivity contribution in [1.29, 1.82) is 0 Å². The molecule has 0 radical (unpaired) electrons. The SMILES string of the molecule is O=C(CN1C(=O)[C@@H]2C3c4ccccc4C(c4ccccc43)[C@@H]2C1=O)OCC(=O)c1ccc(-c2ccccc2)cc1. The molecule has 2 bridgehead atoms. The number of likely N-dealkylation sites (tertiary alicyclic amines) is 1. The van der Waals surface area contributed by atoms with Crippen molar-refractivity contribution in [2.45, 2.75) is 11.8 Å². The fourth-order valence-electron chi connectivity index (χ4n) is 6.78. The summed E-state index contributed by atoms with van der Waals surface area (Å²) in [4.78, 5) is 53.8. The number of Topliss-reactive ketones (excluding diaryl/α,β-unsaturated/α-hetero) is 1. The van der Waals surface area contributed by atoms with Gasteiger partial charge in [-0.1, -0.05) is 103 Å². The smallest absolute Gasteiger partial charge is 0.326 e. The Labute approximate surface area is 231 Å². The summed E-state index contributed by atoms with van der Waals surface area (Å²) < 4.78 is 5.24. The van der Waals surface area contributed by atoms with Crippen molar-refractivity contribution in [3.05, 3.63) is 131 Å². The Morgan fingerprint density at radius 2 is 1.05 bits per heavy atom. The topological polar surface area (TPSA) is 80.8 Å². The number of benzene rings is 4. The quantitative estimate of drug-likeness (QED) is 0.201. The van der Waals surface area contributed by atoms with E-state index in [1.165, 1.54) is 0 Å². The Bertz CT molecular complexity index is 1560. The molecule has 196 valence electrons. The lowest BCUT2D eigenvalue weighted by atomic mass is 9.55. The average Bonchev–Trinajstić information content (AvgIpc) is 3.25. The van der Waals surface area contributed by atoms with Crippen molar-refractivity contribution in [3.8, 4) is 11.1 Å². The van der Waals surface area contributed by atoms with E-state index in [0.717, 1.165) is 38.3 Å². The molecule has 0 spiro atoms. The molecule has 0 saturated carbocycles. The molecule has 8 rings (SSSR count). The number of hydrogen-bond acceptors (Lipinski definition) is 5. The summed E-state index contributed by atoms with van der Waals surface area (Å²) in [5.41, 5.74) is 6.71. The summed E-state index contributed by atoms with van der Waals surface area (Å²) in [6.45, 7) is -0.967. The number of hydrogen-bond donors (Lipinski definition) is 0. The molecule has 2 amide bonds. The number of esters is 1. The van der Waals surface area contributed by atoms with Crippen LogP contribution < -0.4 is 0 Å². The van der Waals surface area contributed by atoms with Gasteiger partial charge in [-0.3, -0.25) is 24.1 Å². The maximum atomic E-state index is 13.6. The summed E-state index contributed by atoms with van der Waals surface area (Å²) in [6, 6.07) is 32.8. The molecule has 1 fully saturated rings. The van der Waals surface area contributed by atoms with Crippen LogP contribution in [0.4, 0.5) is 0 Å². The van der Waals surface area contributed by atoms with Crippen molar-refractivity contribution in [2.24, 2.45) is 11.8 Å². The molecule has 6 nitrogen and oxygen atoms in total. The predicted octanol–water partition coefficient (Wildman–Crippen LogP) is 4.97. The third-order valence-electron chi connectivity index (χ3n) is 8.51. The molecule has 1 saturated heterocycles. The van der Waals surface area contributed by atoms with Crippen LogP contribution in [0.1, 0.15) is 44.4 Å². The minimum absolute atomic E-state index is 0.236. The molecule has 1 aliphatic heterocycles. The van der Waals surface area contributed by atoms with Gasteiger partial charge >= 0.3 is 5.97 Å². The van der Waals surface area contributed by atoms with Gasteiger partial charge in [-0.25, -0.2) is 0 Å². The first kappa shape index (κ1) is 24.2. The highest BCUT2D eigenvalue weighted by Gasteiger charge is 2.61. The van der Waals surface area contributed by atoms with E-state index in [4.69, 9.17) is 4.74 Å². The highest BCUT2D eigenvalue weighted by Crippen LogP contribution is 2.60. The van der Waals surface area contributed by atoms with Crippen LogP contribution in [0.2, 0.25) is 0 Å². The Kier molecular flexibility index (Phi) is 5.70. The number of ether oxygens (including phenoxy) is 1. The van der Waals surface area contributed by atoms with Crippen LogP contribution in [-0.2, 0) is 19.1 Å². The van der Waals surface area contributed by atoms with Gasteiger partial charge in [0.2, 0.25) is 11.8 Å². The molecule has 0 aromatic heterocycles. The second kappa shape index (κ2) is 9.42. The highest BCUT2D eigenvalue weighted by atomic mass is 16.5. The van der Waals surface area contributed by atoms with Gasteiger partial charge in [-0.15, -0.1) is 0 Å². The number of amides is 2. The van der Waals surface area contributed by atoms with Crippen molar-refractivity contribution in [3.63, 3.8) is 0 Å². The number of imide groups is 1. The Hall–Kier alpha value is -4.84. The van der Waals surface area contributed by atoms with Gasteiger partial charge < -0.3 is 4.74 Å². The van der Waals surface area contributed by atoms with Crippen LogP contribution in [0.3, 0.4) is 0 Å². The van der Waals surface area contributed by atoms with Crippen LogP contribution in [0.25, 0.3) is 11.1 Å². The lowest BCUT2D eigenvalue weighted by Crippen LogP contribution is -2.41. The van der Waals surface area contributed by atoms with Crippen LogP contribution in [0.5, 0.6) is 0 Å². The monoisotopic (exact) mass is 527 g/mol. The number of nitrogens with zero attached hydrogens (tertiary/aromatic N) is 1. The zero-order chi connectivity index (χ0) is 27.4. The Morgan fingerprint density at radius 1 is 0.600 bits per heavy atom. The van der Waals surface area contributed by atoms with Gasteiger partial charge in [-0.05, 0) is 33.4 Å². The molecule has 0 unspecified atom stereocenters. The van der Waals surface area contributed by atoms with E-state index in [1.54, 1.807) is 12.1 Å². The Balaban J connectivity index is 1.05. The summed E-state index contributed by atoms with van der Waals surface area (Å²) >= 11 is 0. The van der Waals surface area contributed by atoms with Gasteiger partial charge in [0.05, 0.1) is 11.8 Å². The minimum Gasteiger partial charge on any atom is -0.456 e. The number of carbonyl (C=O) groups is 4. The van der Waals surface area contributed by atoms with Crippen molar-refractivity contribution in [2.75, 3.05) is 13.2 Å². The fraction of sp³-hybridized carbons (Fsp3) is 0.176. The molecule has 1 heterocycles. The van der Waals surface area contributed by atoms with E-state index in [2.05, 4.69) is 0 Å². The molecule has 4 aromatic carbocycles. The molecule has 2 atom stereocenters. The van der Waals surface area contributed by atoms with Crippen molar-refractivity contribution < 1.29 is 23.9 Å². The maximum absolute atomic E-state index is 13.6. The minimum atomic E-state index is -0.781. The highest BCUT2D eigenvalue weighted by molar-refractivity contribution is 6.09. The summed E-state index contributed by atoms with van der Waals surface area (Å²) in [5, 5.41) is 0. The summed E-state index contributed by atoms with van der Waals surface area (Å²) in [5.74, 6) is -3.43. The van der Waals surface area contributed by atoms with Crippen LogP contribution in [-0.4, -0.2) is 41.6 Å². The van der Waals surface area contributed by atoms with Crippen molar-refractivity contribution in [1.82, 2.24) is 4.90 Å². The fourth-order valence-corrected chi connectivity index (χ4v) is 6.78. The van der Waals surface area contributed by atoms with E-state index in [-0.39, 0.29) is 29.4 Å². The zero-order valence-electron chi connectivity index (χ0n) is 21.5. The zero-order valence-corrected chi connectivity index (χ0v) is 21.5. The first-order valence-corrected chi connectivity index (χ1v) is 13.4. The van der Waals surface area contributed by atoms with Gasteiger partial charge in [0.1, 0.15) is 6.54 Å².